The fourth-order valence-electron chi connectivity index (χ4n) is 1.88. The van der Waals surface area contributed by atoms with Crippen molar-refractivity contribution >= 4 is 23.3 Å². The van der Waals surface area contributed by atoms with Gasteiger partial charge >= 0.3 is 12.0 Å². The number of nitrogens with one attached hydrogen (secondary N) is 1. The second-order valence-electron chi connectivity index (χ2n) is 4.39. The molecule has 18 heavy (non-hydrogen) atoms. The van der Waals surface area contributed by atoms with Gasteiger partial charge in [0.25, 0.3) is 0 Å². The highest BCUT2D eigenvalue weighted by atomic mass is 32.1. The fourth-order valence-corrected chi connectivity index (χ4v) is 2.59. The maximum atomic E-state index is 11.7. The van der Waals surface area contributed by atoms with E-state index in [4.69, 9.17) is 5.11 Å². The molecule has 1 aromatic rings. The molecule has 0 atom stereocenters. The molecule has 2 amide bonds. The maximum Gasteiger partial charge on any atom is 0.317 e. The van der Waals surface area contributed by atoms with Gasteiger partial charge in [-0.3, -0.25) is 4.79 Å². The largest absolute Gasteiger partial charge is 0.481 e. The summed E-state index contributed by atoms with van der Waals surface area (Å²) >= 11 is 1.52. The molecule has 2 heterocycles. The number of thiazole rings is 1. The van der Waals surface area contributed by atoms with Gasteiger partial charge in [-0.15, -0.1) is 11.3 Å². The molecule has 2 N–H and O–H groups in total. The summed E-state index contributed by atoms with van der Waals surface area (Å²) in [4.78, 5) is 29.0. The fraction of sp³-hybridized carbons (Fsp3) is 0.545. The minimum absolute atomic E-state index is 0.0957. The van der Waals surface area contributed by atoms with Crippen molar-refractivity contribution in [1.29, 1.82) is 0 Å². The third-order valence-electron chi connectivity index (χ3n) is 2.95. The number of rotatable bonds is 4. The summed E-state index contributed by atoms with van der Waals surface area (Å²) in [7, 11) is 0. The zero-order chi connectivity index (χ0) is 13.1. The summed E-state index contributed by atoms with van der Waals surface area (Å²) in [6.45, 7) is 3.44. The molecule has 6 nitrogen and oxygen atoms in total. The minimum Gasteiger partial charge on any atom is -0.481 e. The zero-order valence-electron chi connectivity index (χ0n) is 10.0. The number of hydrogen-bond acceptors (Lipinski definition) is 4. The number of carboxylic acid groups (broad SMARTS) is 1. The van der Waals surface area contributed by atoms with Gasteiger partial charge in [0, 0.05) is 23.9 Å². The van der Waals surface area contributed by atoms with Gasteiger partial charge in [0.05, 0.1) is 24.2 Å². The van der Waals surface area contributed by atoms with E-state index in [1.807, 2.05) is 6.92 Å². The lowest BCUT2D eigenvalue weighted by Crippen LogP contribution is -2.54. The molecule has 98 valence electrons. The standard InChI is InChI=1S/C11H15N3O3S/c1-7-9(18-6-13-7)3-12-11(17)14-4-8(5-14)2-10(15)16/h6,8H,2-5H2,1H3,(H,12,17)(H,15,16). The second kappa shape index (κ2) is 5.34. The number of likely N-dealkylation sites (tertiary alicyclic amines) is 1. The van der Waals surface area contributed by atoms with E-state index >= 15 is 0 Å². The van der Waals surface area contributed by atoms with Gasteiger partial charge in [-0.05, 0) is 6.92 Å². The summed E-state index contributed by atoms with van der Waals surface area (Å²) in [6.07, 6.45) is 0.137. The lowest BCUT2D eigenvalue weighted by atomic mass is 9.97. The number of carbonyl (C=O) groups is 2. The average molecular weight is 269 g/mol. The van der Waals surface area contributed by atoms with Crippen molar-refractivity contribution < 1.29 is 14.7 Å². The maximum absolute atomic E-state index is 11.7. The topological polar surface area (TPSA) is 82.5 Å². The number of aromatic nitrogens is 1. The summed E-state index contributed by atoms with van der Waals surface area (Å²) < 4.78 is 0. The van der Waals surface area contributed by atoms with E-state index in [0.717, 1.165) is 10.6 Å². The Morgan fingerprint density at radius 1 is 1.61 bits per heavy atom. The Labute approximate surface area is 109 Å². The van der Waals surface area contributed by atoms with Crippen LogP contribution >= 0.6 is 11.3 Å². The Morgan fingerprint density at radius 2 is 2.33 bits per heavy atom. The highest BCUT2D eigenvalue weighted by Gasteiger charge is 2.31. The van der Waals surface area contributed by atoms with E-state index in [1.165, 1.54) is 11.3 Å². The van der Waals surface area contributed by atoms with Crippen molar-refractivity contribution in [2.75, 3.05) is 13.1 Å². The first-order valence-corrected chi connectivity index (χ1v) is 6.57. The van der Waals surface area contributed by atoms with E-state index in [2.05, 4.69) is 10.3 Å². The Balaban J connectivity index is 1.71. The van der Waals surface area contributed by atoms with E-state index in [0.29, 0.717) is 19.6 Å². The predicted octanol–water partition coefficient (Wildman–Crippen LogP) is 1.07. The number of nitrogens with zero attached hydrogens (tertiary/aromatic N) is 2. The van der Waals surface area contributed by atoms with Crippen LogP contribution in [0.25, 0.3) is 0 Å². The van der Waals surface area contributed by atoms with Gasteiger partial charge < -0.3 is 15.3 Å². The van der Waals surface area contributed by atoms with Crippen molar-refractivity contribution in [3.05, 3.63) is 16.1 Å². The molecule has 0 aliphatic carbocycles. The second-order valence-corrected chi connectivity index (χ2v) is 5.33. The quantitative estimate of drug-likeness (QED) is 0.856. The number of aryl methyl sites for hydroxylation is 1. The van der Waals surface area contributed by atoms with E-state index in [-0.39, 0.29) is 18.4 Å². The van der Waals surface area contributed by atoms with Crippen molar-refractivity contribution in [1.82, 2.24) is 15.2 Å². The van der Waals surface area contributed by atoms with Crippen LogP contribution < -0.4 is 5.32 Å². The van der Waals surface area contributed by atoms with Crippen molar-refractivity contribution in [3.63, 3.8) is 0 Å². The number of carboxylic acids is 1. The lowest BCUT2D eigenvalue weighted by molar-refractivity contribution is -0.139. The molecule has 1 aliphatic heterocycles. The van der Waals surface area contributed by atoms with Crippen molar-refractivity contribution in [2.45, 2.75) is 19.9 Å². The van der Waals surface area contributed by atoms with Crippen molar-refractivity contribution in [2.24, 2.45) is 5.92 Å². The molecule has 1 saturated heterocycles. The third-order valence-corrected chi connectivity index (χ3v) is 3.89. The number of aliphatic carboxylic acids is 1. The number of urea groups is 1. The van der Waals surface area contributed by atoms with Crippen LogP contribution in [0.2, 0.25) is 0 Å². The third kappa shape index (κ3) is 2.98. The van der Waals surface area contributed by atoms with Crippen molar-refractivity contribution in [3.8, 4) is 0 Å². The highest BCUT2D eigenvalue weighted by molar-refractivity contribution is 7.09. The van der Waals surface area contributed by atoms with Crippen LogP contribution in [0.5, 0.6) is 0 Å². The summed E-state index contributed by atoms with van der Waals surface area (Å²) in [5.74, 6) is -0.710. The van der Waals surface area contributed by atoms with Crippen LogP contribution in [-0.4, -0.2) is 40.1 Å². The molecule has 0 radical (unpaired) electrons. The molecule has 1 aromatic heterocycles. The first kappa shape index (κ1) is 12.8. The smallest absolute Gasteiger partial charge is 0.317 e. The Kier molecular flexibility index (Phi) is 3.81. The summed E-state index contributed by atoms with van der Waals surface area (Å²) in [5.41, 5.74) is 2.69. The molecular formula is C11H15N3O3S. The molecule has 0 aromatic carbocycles. The van der Waals surface area contributed by atoms with Gasteiger partial charge in [-0.1, -0.05) is 0 Å². The Hall–Kier alpha value is -1.63. The van der Waals surface area contributed by atoms with Gasteiger partial charge in [-0.25, -0.2) is 9.78 Å². The van der Waals surface area contributed by atoms with Crippen LogP contribution in [0.15, 0.2) is 5.51 Å². The number of amides is 2. The summed E-state index contributed by atoms with van der Waals surface area (Å²) in [5, 5.41) is 11.4. The Bertz CT molecular complexity index is 454. The normalized spacial score (nSPS) is 15.3. The van der Waals surface area contributed by atoms with Gasteiger partial charge in [0.15, 0.2) is 0 Å². The molecule has 1 aliphatic rings. The molecular weight excluding hydrogens is 254 g/mol. The average Bonchev–Trinajstić information content (AvgIpc) is 2.65. The highest BCUT2D eigenvalue weighted by Crippen LogP contribution is 2.19. The van der Waals surface area contributed by atoms with Crippen LogP contribution in [-0.2, 0) is 11.3 Å². The SMILES string of the molecule is Cc1ncsc1CNC(=O)N1CC(CC(=O)O)C1. The van der Waals surface area contributed by atoms with Crippen LogP contribution in [0.4, 0.5) is 4.79 Å². The first-order chi connectivity index (χ1) is 8.56. The van der Waals surface area contributed by atoms with Crippen LogP contribution in [0.1, 0.15) is 17.0 Å². The first-order valence-electron chi connectivity index (χ1n) is 5.69. The molecule has 7 heteroatoms. The van der Waals surface area contributed by atoms with Crippen LogP contribution in [0, 0.1) is 12.8 Å². The monoisotopic (exact) mass is 269 g/mol. The van der Waals surface area contributed by atoms with E-state index < -0.39 is 5.97 Å². The van der Waals surface area contributed by atoms with Crippen LogP contribution in [0.3, 0.4) is 0 Å². The Morgan fingerprint density at radius 3 is 2.89 bits per heavy atom. The molecule has 0 bridgehead atoms. The zero-order valence-corrected chi connectivity index (χ0v) is 10.9. The lowest BCUT2D eigenvalue weighted by Gasteiger charge is -2.38. The van der Waals surface area contributed by atoms with Gasteiger partial charge in [0.2, 0.25) is 0 Å². The minimum atomic E-state index is -0.805. The molecule has 0 saturated carbocycles. The van der Waals surface area contributed by atoms with E-state index in [9.17, 15) is 9.59 Å². The predicted molar refractivity (Wildman–Crippen MR) is 66.4 cm³/mol. The molecule has 2 rings (SSSR count). The van der Waals surface area contributed by atoms with Gasteiger partial charge in [-0.2, -0.15) is 0 Å². The molecule has 0 unspecified atom stereocenters. The van der Waals surface area contributed by atoms with Gasteiger partial charge in [0.1, 0.15) is 0 Å². The summed E-state index contributed by atoms with van der Waals surface area (Å²) in [6, 6.07) is -0.135. The van der Waals surface area contributed by atoms with E-state index in [1.54, 1.807) is 10.4 Å². The molecule has 1 fully saturated rings. The molecule has 0 spiro atoms. The number of hydrogen-bond donors (Lipinski definition) is 2. The number of carbonyl (C=O) groups excluding carboxylic acids is 1.